The summed E-state index contributed by atoms with van der Waals surface area (Å²) < 4.78 is 12.7. The number of para-hydroxylation sites is 4. The minimum absolute atomic E-state index is 0.150. The van der Waals surface area contributed by atoms with Gasteiger partial charge in [-0.2, -0.15) is 4.68 Å². The third-order valence-electron chi connectivity index (χ3n) is 3.63. The van der Waals surface area contributed by atoms with Gasteiger partial charge in [-0.25, -0.2) is 0 Å². The van der Waals surface area contributed by atoms with Gasteiger partial charge in [0.05, 0.1) is 24.7 Å². The van der Waals surface area contributed by atoms with Crippen LogP contribution in [-0.2, 0) is 4.79 Å². The predicted octanol–water partition coefficient (Wildman–Crippen LogP) is 3.19. The van der Waals surface area contributed by atoms with E-state index < -0.39 is 0 Å². The normalized spacial score (nSPS) is 10.5. The van der Waals surface area contributed by atoms with E-state index in [9.17, 15) is 4.79 Å². The minimum atomic E-state index is -0.176. The Kier molecular flexibility index (Phi) is 6.85. The van der Waals surface area contributed by atoms with Crippen LogP contribution in [0.1, 0.15) is 13.8 Å². The molecule has 0 fully saturated rings. The lowest BCUT2D eigenvalue weighted by molar-refractivity contribution is -0.113. The first-order valence-corrected chi connectivity index (χ1v) is 9.86. The second-order valence-electron chi connectivity index (χ2n) is 5.54. The summed E-state index contributed by atoms with van der Waals surface area (Å²) in [5.41, 5.74) is 1.36. The smallest absolute Gasteiger partial charge is 0.234 e. The molecule has 0 aliphatic heterocycles. The molecule has 3 aromatic rings. The number of amides is 1. The molecular formula is C19H21N5O3S. The highest BCUT2D eigenvalue weighted by Crippen LogP contribution is 2.27. The Labute approximate surface area is 167 Å². The van der Waals surface area contributed by atoms with E-state index in [-0.39, 0.29) is 11.7 Å². The standard InChI is InChI=1S/C19H21N5O3S/c1-3-26-16-11-7-5-9-14(16)20-18(25)13-28-19-21-22-23-24(19)15-10-6-8-12-17(15)27-4-2/h5-12H,3-4,13H2,1-2H3,(H,20,25). The fraction of sp³-hybridized carbons (Fsp3) is 0.263. The molecule has 8 nitrogen and oxygen atoms in total. The quantitative estimate of drug-likeness (QED) is 0.553. The summed E-state index contributed by atoms with van der Waals surface area (Å²) in [6.07, 6.45) is 0. The van der Waals surface area contributed by atoms with Gasteiger partial charge in [0.15, 0.2) is 0 Å². The van der Waals surface area contributed by atoms with Crippen LogP contribution in [0.5, 0.6) is 11.5 Å². The fourth-order valence-electron chi connectivity index (χ4n) is 2.50. The van der Waals surface area contributed by atoms with E-state index in [0.29, 0.717) is 35.6 Å². The molecule has 146 valence electrons. The molecule has 0 bridgehead atoms. The van der Waals surface area contributed by atoms with Gasteiger partial charge in [-0.15, -0.1) is 5.10 Å². The molecule has 0 saturated heterocycles. The average Bonchev–Trinajstić information content (AvgIpc) is 3.17. The summed E-state index contributed by atoms with van der Waals surface area (Å²) in [5.74, 6) is 1.29. The van der Waals surface area contributed by atoms with Gasteiger partial charge in [0.1, 0.15) is 17.2 Å². The molecule has 0 radical (unpaired) electrons. The predicted molar refractivity (Wildman–Crippen MR) is 107 cm³/mol. The van der Waals surface area contributed by atoms with Crippen molar-refractivity contribution in [1.82, 2.24) is 20.2 Å². The molecule has 0 saturated carbocycles. The third-order valence-corrected chi connectivity index (χ3v) is 4.55. The van der Waals surface area contributed by atoms with E-state index >= 15 is 0 Å². The van der Waals surface area contributed by atoms with Crippen LogP contribution in [0.25, 0.3) is 5.69 Å². The van der Waals surface area contributed by atoms with E-state index in [1.165, 1.54) is 11.8 Å². The van der Waals surface area contributed by atoms with Crippen molar-refractivity contribution in [2.24, 2.45) is 0 Å². The first kappa shape index (κ1) is 19.7. The topological polar surface area (TPSA) is 91.2 Å². The van der Waals surface area contributed by atoms with E-state index in [2.05, 4.69) is 20.8 Å². The number of hydrogen-bond donors (Lipinski definition) is 1. The number of tetrazole rings is 1. The molecule has 9 heteroatoms. The van der Waals surface area contributed by atoms with Gasteiger partial charge in [0.25, 0.3) is 0 Å². The van der Waals surface area contributed by atoms with E-state index in [0.717, 1.165) is 5.69 Å². The number of carbonyl (C=O) groups is 1. The van der Waals surface area contributed by atoms with Crippen LogP contribution >= 0.6 is 11.8 Å². The number of benzene rings is 2. The van der Waals surface area contributed by atoms with Gasteiger partial charge in [-0.05, 0) is 48.5 Å². The molecular weight excluding hydrogens is 378 g/mol. The van der Waals surface area contributed by atoms with Crippen molar-refractivity contribution in [1.29, 1.82) is 0 Å². The summed E-state index contributed by atoms with van der Waals surface area (Å²) in [7, 11) is 0. The maximum Gasteiger partial charge on any atom is 0.234 e. The average molecular weight is 399 g/mol. The second-order valence-corrected chi connectivity index (χ2v) is 6.48. The molecule has 0 aliphatic carbocycles. The minimum Gasteiger partial charge on any atom is -0.492 e. The molecule has 0 atom stereocenters. The SMILES string of the molecule is CCOc1ccccc1NC(=O)CSc1nnnn1-c1ccccc1OCC. The van der Waals surface area contributed by atoms with Crippen molar-refractivity contribution >= 4 is 23.4 Å². The number of ether oxygens (including phenoxy) is 2. The van der Waals surface area contributed by atoms with Gasteiger partial charge in [-0.1, -0.05) is 36.0 Å². The molecule has 0 unspecified atom stereocenters. The zero-order valence-electron chi connectivity index (χ0n) is 15.7. The number of rotatable bonds is 9. The highest BCUT2D eigenvalue weighted by atomic mass is 32.2. The summed E-state index contributed by atoms with van der Waals surface area (Å²) >= 11 is 1.24. The van der Waals surface area contributed by atoms with Crippen molar-refractivity contribution in [3.8, 4) is 17.2 Å². The van der Waals surface area contributed by atoms with Gasteiger partial charge in [0.2, 0.25) is 11.1 Å². The van der Waals surface area contributed by atoms with Crippen LogP contribution in [-0.4, -0.2) is 45.1 Å². The molecule has 1 aromatic heterocycles. The van der Waals surface area contributed by atoms with Crippen molar-refractivity contribution in [2.75, 3.05) is 24.3 Å². The van der Waals surface area contributed by atoms with Gasteiger partial charge < -0.3 is 14.8 Å². The Morgan fingerprint density at radius 2 is 1.71 bits per heavy atom. The second kappa shape index (κ2) is 9.75. The Bertz CT molecular complexity index is 931. The molecule has 0 aliphatic rings. The van der Waals surface area contributed by atoms with Gasteiger partial charge in [0, 0.05) is 0 Å². The lowest BCUT2D eigenvalue weighted by Gasteiger charge is -2.12. The van der Waals surface area contributed by atoms with Crippen molar-refractivity contribution in [3.05, 3.63) is 48.5 Å². The number of hydrogen-bond acceptors (Lipinski definition) is 7. The lowest BCUT2D eigenvalue weighted by Crippen LogP contribution is -2.15. The largest absolute Gasteiger partial charge is 0.492 e. The third kappa shape index (κ3) is 4.80. The summed E-state index contributed by atoms with van der Waals surface area (Å²) in [6, 6.07) is 14.8. The van der Waals surface area contributed by atoms with Crippen molar-refractivity contribution < 1.29 is 14.3 Å². The first-order chi connectivity index (χ1) is 13.7. The maximum absolute atomic E-state index is 12.4. The number of aromatic nitrogens is 4. The molecule has 1 N–H and O–H groups in total. The molecule has 1 amide bonds. The Hall–Kier alpha value is -3.07. The molecule has 0 spiro atoms. The van der Waals surface area contributed by atoms with Crippen molar-refractivity contribution in [3.63, 3.8) is 0 Å². The molecule has 3 rings (SSSR count). The van der Waals surface area contributed by atoms with Crippen LogP contribution in [0.15, 0.2) is 53.7 Å². The van der Waals surface area contributed by atoms with E-state index in [1.54, 1.807) is 10.7 Å². The fourth-order valence-corrected chi connectivity index (χ4v) is 3.18. The molecule has 2 aromatic carbocycles. The molecule has 1 heterocycles. The van der Waals surface area contributed by atoms with Crippen LogP contribution in [0.2, 0.25) is 0 Å². The van der Waals surface area contributed by atoms with Crippen molar-refractivity contribution in [2.45, 2.75) is 19.0 Å². The number of anilines is 1. The van der Waals surface area contributed by atoms with Crippen LogP contribution < -0.4 is 14.8 Å². The Balaban J connectivity index is 1.68. The monoisotopic (exact) mass is 399 g/mol. The van der Waals surface area contributed by atoms with Gasteiger partial charge in [-0.3, -0.25) is 4.79 Å². The Morgan fingerprint density at radius 3 is 2.50 bits per heavy atom. The molecule has 28 heavy (non-hydrogen) atoms. The van der Waals surface area contributed by atoms with E-state index in [1.807, 2.05) is 56.3 Å². The number of carbonyl (C=O) groups excluding carboxylic acids is 1. The number of nitrogens with zero attached hydrogens (tertiary/aromatic N) is 4. The summed E-state index contributed by atoms with van der Waals surface area (Å²) in [6.45, 7) is 4.86. The van der Waals surface area contributed by atoms with Gasteiger partial charge >= 0.3 is 0 Å². The van der Waals surface area contributed by atoms with Crippen LogP contribution in [0.3, 0.4) is 0 Å². The zero-order chi connectivity index (χ0) is 19.8. The Morgan fingerprint density at radius 1 is 1.04 bits per heavy atom. The lowest BCUT2D eigenvalue weighted by atomic mass is 10.3. The van der Waals surface area contributed by atoms with Crippen LogP contribution in [0, 0.1) is 0 Å². The summed E-state index contributed by atoms with van der Waals surface area (Å²) in [5, 5.41) is 15.2. The highest BCUT2D eigenvalue weighted by Gasteiger charge is 2.15. The summed E-state index contributed by atoms with van der Waals surface area (Å²) in [4.78, 5) is 12.4. The van der Waals surface area contributed by atoms with E-state index in [4.69, 9.17) is 9.47 Å². The highest BCUT2D eigenvalue weighted by molar-refractivity contribution is 7.99. The number of nitrogens with one attached hydrogen (secondary N) is 1. The van der Waals surface area contributed by atoms with Crippen LogP contribution in [0.4, 0.5) is 5.69 Å². The zero-order valence-corrected chi connectivity index (χ0v) is 16.5. The maximum atomic E-state index is 12.4. The number of thioether (sulfide) groups is 1. The first-order valence-electron chi connectivity index (χ1n) is 8.88.